The number of carbonyl (C=O) groups excluding carboxylic acids is 2. The van der Waals surface area contributed by atoms with Crippen LogP contribution in [0.2, 0.25) is 0 Å². The molecule has 0 bridgehead atoms. The van der Waals surface area contributed by atoms with E-state index in [0.29, 0.717) is 50.2 Å². The van der Waals surface area contributed by atoms with Crippen LogP contribution in [0.5, 0.6) is 5.75 Å². The number of aliphatic carboxylic acids is 1. The van der Waals surface area contributed by atoms with E-state index in [2.05, 4.69) is 0 Å². The summed E-state index contributed by atoms with van der Waals surface area (Å²) in [6.45, 7) is 1.39. The molecule has 1 fully saturated rings. The third kappa shape index (κ3) is 3.93. The molecule has 3 aliphatic rings. The predicted molar refractivity (Wildman–Crippen MR) is 125 cm³/mol. The molecule has 2 aromatic rings. The van der Waals surface area contributed by atoms with E-state index in [0.717, 1.165) is 29.5 Å². The Labute approximate surface area is 199 Å². The van der Waals surface area contributed by atoms with Gasteiger partial charge in [-0.05, 0) is 54.2 Å². The zero-order chi connectivity index (χ0) is 23.8. The SMILES string of the molecule is COc1ccc2c(c1)[C@@H](CN1Cc3ccccc3C1=O)N(C(=O)[C@@H]1CCCC[C@@H]1C(=O)O)CC2. The van der Waals surface area contributed by atoms with Gasteiger partial charge >= 0.3 is 5.97 Å². The zero-order valence-electron chi connectivity index (χ0n) is 19.4. The van der Waals surface area contributed by atoms with Crippen LogP contribution in [0.3, 0.4) is 0 Å². The molecule has 178 valence electrons. The number of hydrogen-bond donors (Lipinski definition) is 1. The molecule has 0 aromatic heterocycles. The summed E-state index contributed by atoms with van der Waals surface area (Å²) >= 11 is 0. The van der Waals surface area contributed by atoms with E-state index in [9.17, 15) is 19.5 Å². The van der Waals surface area contributed by atoms with Crippen molar-refractivity contribution >= 4 is 17.8 Å². The second kappa shape index (κ2) is 9.12. The van der Waals surface area contributed by atoms with Gasteiger partial charge in [0.1, 0.15) is 5.75 Å². The summed E-state index contributed by atoms with van der Waals surface area (Å²) < 4.78 is 5.47. The van der Waals surface area contributed by atoms with Crippen molar-refractivity contribution in [2.75, 3.05) is 20.2 Å². The summed E-state index contributed by atoms with van der Waals surface area (Å²) in [6.07, 6.45) is 3.53. The molecule has 3 atom stereocenters. The minimum atomic E-state index is -0.890. The number of carboxylic acid groups (broad SMARTS) is 1. The van der Waals surface area contributed by atoms with Gasteiger partial charge in [-0.25, -0.2) is 0 Å². The van der Waals surface area contributed by atoms with E-state index in [1.807, 2.05) is 47.4 Å². The molecule has 0 radical (unpaired) electrons. The Kier molecular flexibility index (Phi) is 6.02. The number of rotatable bonds is 5. The highest BCUT2D eigenvalue weighted by molar-refractivity contribution is 5.98. The minimum absolute atomic E-state index is 0.0286. The van der Waals surface area contributed by atoms with Crippen LogP contribution in [0.4, 0.5) is 0 Å². The first-order chi connectivity index (χ1) is 16.5. The predicted octanol–water partition coefficient (Wildman–Crippen LogP) is 3.67. The lowest BCUT2D eigenvalue weighted by molar-refractivity contribution is -0.153. The minimum Gasteiger partial charge on any atom is -0.497 e. The van der Waals surface area contributed by atoms with Gasteiger partial charge in [0.25, 0.3) is 5.91 Å². The lowest BCUT2D eigenvalue weighted by atomic mass is 9.77. The van der Waals surface area contributed by atoms with Gasteiger partial charge in [-0.3, -0.25) is 14.4 Å². The standard InChI is InChI=1S/C27H30N2O5/c1-34-19-11-10-17-12-13-29(26(31)21-8-4-5-9-22(21)27(32)33)24(23(17)14-19)16-28-15-18-6-2-3-7-20(18)25(28)30/h2-3,6-7,10-11,14,21-22,24H,4-5,8-9,12-13,15-16H2,1H3,(H,32,33)/t21-,22+,24-/m1/s1. The van der Waals surface area contributed by atoms with Crippen LogP contribution in [0.25, 0.3) is 0 Å². The largest absolute Gasteiger partial charge is 0.497 e. The van der Waals surface area contributed by atoms with Crippen LogP contribution in [0.15, 0.2) is 42.5 Å². The Morgan fingerprint density at radius 2 is 1.82 bits per heavy atom. The molecule has 0 unspecified atom stereocenters. The second-order valence-electron chi connectivity index (χ2n) is 9.54. The van der Waals surface area contributed by atoms with Gasteiger partial charge in [0.2, 0.25) is 5.91 Å². The highest BCUT2D eigenvalue weighted by Crippen LogP contribution is 2.39. The first kappa shape index (κ1) is 22.4. The highest BCUT2D eigenvalue weighted by Gasteiger charge is 2.42. The molecule has 34 heavy (non-hydrogen) atoms. The van der Waals surface area contributed by atoms with Gasteiger partial charge < -0.3 is 19.6 Å². The van der Waals surface area contributed by atoms with Crippen molar-refractivity contribution in [1.29, 1.82) is 0 Å². The summed E-state index contributed by atoms with van der Waals surface area (Å²) in [5.74, 6) is -1.48. The molecule has 1 saturated carbocycles. The molecule has 0 saturated heterocycles. The van der Waals surface area contributed by atoms with E-state index in [1.165, 1.54) is 0 Å². The maximum Gasteiger partial charge on any atom is 0.307 e. The number of benzene rings is 2. The Morgan fingerprint density at radius 3 is 2.56 bits per heavy atom. The highest BCUT2D eigenvalue weighted by atomic mass is 16.5. The summed E-state index contributed by atoms with van der Waals surface area (Å²) in [4.78, 5) is 42.6. The number of amides is 2. The number of methoxy groups -OCH3 is 1. The summed E-state index contributed by atoms with van der Waals surface area (Å²) in [7, 11) is 1.61. The summed E-state index contributed by atoms with van der Waals surface area (Å²) in [6, 6.07) is 13.2. The fraction of sp³-hybridized carbons (Fsp3) is 0.444. The van der Waals surface area contributed by atoms with Crippen molar-refractivity contribution in [3.05, 3.63) is 64.7 Å². The monoisotopic (exact) mass is 462 g/mol. The number of nitrogens with zero attached hydrogens (tertiary/aromatic N) is 2. The van der Waals surface area contributed by atoms with Gasteiger partial charge in [-0.15, -0.1) is 0 Å². The van der Waals surface area contributed by atoms with Crippen LogP contribution in [0.1, 0.15) is 58.8 Å². The van der Waals surface area contributed by atoms with E-state index >= 15 is 0 Å². The quantitative estimate of drug-likeness (QED) is 0.733. The average Bonchev–Trinajstić information content (AvgIpc) is 3.18. The summed E-state index contributed by atoms with van der Waals surface area (Å²) in [5.41, 5.74) is 3.81. The number of carbonyl (C=O) groups is 3. The van der Waals surface area contributed by atoms with Crippen LogP contribution < -0.4 is 4.74 Å². The Hall–Kier alpha value is -3.35. The summed E-state index contributed by atoms with van der Waals surface area (Å²) in [5, 5.41) is 9.77. The van der Waals surface area contributed by atoms with E-state index in [-0.39, 0.29) is 17.9 Å². The molecule has 2 amide bonds. The Morgan fingerprint density at radius 1 is 1.06 bits per heavy atom. The first-order valence-electron chi connectivity index (χ1n) is 12.0. The third-order valence-corrected chi connectivity index (χ3v) is 7.68. The first-order valence-corrected chi connectivity index (χ1v) is 12.0. The van der Waals surface area contributed by atoms with Gasteiger partial charge in [-0.2, -0.15) is 0 Å². The van der Waals surface area contributed by atoms with Gasteiger partial charge in [0.15, 0.2) is 0 Å². The molecule has 0 spiro atoms. The van der Waals surface area contributed by atoms with Gasteiger partial charge in [0, 0.05) is 25.2 Å². The molecule has 1 N–H and O–H groups in total. The second-order valence-corrected chi connectivity index (χ2v) is 9.54. The molecule has 2 aliphatic heterocycles. The zero-order valence-corrected chi connectivity index (χ0v) is 19.4. The number of carboxylic acids is 1. The molecule has 1 aliphatic carbocycles. The average molecular weight is 463 g/mol. The van der Waals surface area contributed by atoms with Crippen molar-refractivity contribution in [3.8, 4) is 5.75 Å². The van der Waals surface area contributed by atoms with Crippen molar-refractivity contribution in [1.82, 2.24) is 9.80 Å². The smallest absolute Gasteiger partial charge is 0.307 e. The molecule has 5 rings (SSSR count). The lowest BCUT2D eigenvalue weighted by Gasteiger charge is -2.42. The molecular weight excluding hydrogens is 432 g/mol. The molecule has 2 heterocycles. The molecule has 7 heteroatoms. The van der Waals surface area contributed by atoms with Crippen molar-refractivity contribution in [3.63, 3.8) is 0 Å². The van der Waals surface area contributed by atoms with Crippen LogP contribution in [-0.2, 0) is 22.6 Å². The molecule has 2 aromatic carbocycles. The van der Waals surface area contributed by atoms with Gasteiger partial charge in [0.05, 0.1) is 25.0 Å². The van der Waals surface area contributed by atoms with Crippen LogP contribution in [0, 0.1) is 11.8 Å². The number of fused-ring (bicyclic) bond motifs is 2. The number of hydrogen-bond acceptors (Lipinski definition) is 4. The van der Waals surface area contributed by atoms with Crippen molar-refractivity contribution in [2.24, 2.45) is 11.8 Å². The Balaban J connectivity index is 1.49. The Bertz CT molecular complexity index is 1130. The maximum atomic E-state index is 13.8. The fourth-order valence-corrected chi connectivity index (χ4v) is 5.87. The van der Waals surface area contributed by atoms with Crippen LogP contribution >= 0.6 is 0 Å². The third-order valence-electron chi connectivity index (χ3n) is 7.68. The topological polar surface area (TPSA) is 87.2 Å². The van der Waals surface area contributed by atoms with E-state index in [1.54, 1.807) is 12.0 Å². The van der Waals surface area contributed by atoms with Crippen molar-refractivity contribution in [2.45, 2.75) is 44.7 Å². The lowest BCUT2D eigenvalue weighted by Crippen LogP contribution is -2.49. The maximum absolute atomic E-state index is 13.8. The van der Waals surface area contributed by atoms with E-state index in [4.69, 9.17) is 4.74 Å². The molecular formula is C27H30N2O5. The van der Waals surface area contributed by atoms with Crippen LogP contribution in [-0.4, -0.2) is 52.9 Å². The van der Waals surface area contributed by atoms with Gasteiger partial charge in [-0.1, -0.05) is 37.1 Å². The molecule has 7 nitrogen and oxygen atoms in total. The fourth-order valence-electron chi connectivity index (χ4n) is 5.87. The number of ether oxygens (including phenoxy) is 1. The van der Waals surface area contributed by atoms with Crippen molar-refractivity contribution < 1.29 is 24.2 Å². The normalized spacial score (nSPS) is 23.9. The van der Waals surface area contributed by atoms with E-state index < -0.39 is 17.8 Å².